The van der Waals surface area contributed by atoms with E-state index in [0.29, 0.717) is 0 Å². The number of aromatic nitrogens is 1. The van der Waals surface area contributed by atoms with Crippen molar-refractivity contribution in [3.05, 3.63) is 260 Å². The molecule has 0 N–H and O–H groups in total. The first-order valence-corrected chi connectivity index (χ1v) is 24.6. The molecule has 0 spiro atoms. The second-order valence-electron chi connectivity index (χ2n) is 19.4. The van der Waals surface area contributed by atoms with Gasteiger partial charge in [-0.3, -0.25) is 0 Å². The standard InChI is InChI=1S/C67H47N3O2/c1-67(2)59-40-53(68(48-18-6-3-7-19-48)51-30-26-44(27-31-51)65-38-46-16-12-14-24-63(46)71-65)34-36-55(59)57-43-62-58(42-60(57)67)56-37-35-54(41-61(56)70(62)50-22-10-5-11-23-50)69(49-20-8-4-9-21-49)52-32-28-45(29-33-52)66-39-47-17-13-15-25-64(47)72-66/h3-43H,1-2H3. The van der Waals surface area contributed by atoms with E-state index in [2.05, 4.69) is 241 Å². The highest BCUT2D eigenvalue weighted by molar-refractivity contribution is 6.12. The van der Waals surface area contributed by atoms with Crippen LogP contribution in [0.5, 0.6) is 0 Å². The van der Waals surface area contributed by atoms with Crippen molar-refractivity contribution in [1.29, 1.82) is 0 Å². The quantitative estimate of drug-likeness (QED) is 0.145. The summed E-state index contributed by atoms with van der Waals surface area (Å²) < 4.78 is 15.0. The van der Waals surface area contributed by atoms with Gasteiger partial charge in [0, 0.05) is 77.9 Å². The highest BCUT2D eigenvalue weighted by atomic mass is 16.3. The average Bonchev–Trinajstić information content (AvgIpc) is 4.20. The summed E-state index contributed by atoms with van der Waals surface area (Å²) in [4.78, 5) is 4.71. The SMILES string of the molecule is CC1(C)c2cc(N(c3ccccc3)c3ccc(-c4cc5ccccc5o4)cc3)ccc2-c2cc3c(cc21)c1ccc(N(c2ccccc2)c2ccc(-c4cc5ccccc5o4)cc2)cc1n3-c1ccccc1. The van der Waals surface area contributed by atoms with Crippen molar-refractivity contribution < 1.29 is 8.83 Å². The van der Waals surface area contributed by atoms with Crippen LogP contribution in [0.3, 0.4) is 0 Å². The van der Waals surface area contributed by atoms with Crippen LogP contribution in [0.1, 0.15) is 25.0 Å². The van der Waals surface area contributed by atoms with Gasteiger partial charge in [-0.25, -0.2) is 0 Å². The summed E-state index contributed by atoms with van der Waals surface area (Å²) in [5, 5.41) is 4.64. The van der Waals surface area contributed by atoms with E-state index in [1.54, 1.807) is 0 Å². The van der Waals surface area contributed by atoms with Gasteiger partial charge in [0.15, 0.2) is 0 Å². The third kappa shape index (κ3) is 6.77. The van der Waals surface area contributed by atoms with Crippen LogP contribution in [0.15, 0.2) is 258 Å². The van der Waals surface area contributed by atoms with Crippen molar-refractivity contribution >= 4 is 77.9 Å². The molecule has 3 aromatic heterocycles. The molecule has 10 aromatic carbocycles. The molecule has 0 aliphatic heterocycles. The third-order valence-electron chi connectivity index (χ3n) is 14.8. The van der Waals surface area contributed by atoms with E-state index in [0.717, 1.165) is 89.9 Å². The number of hydrogen-bond donors (Lipinski definition) is 0. The summed E-state index contributed by atoms with van der Waals surface area (Å²) in [5.41, 5.74) is 18.7. The summed E-state index contributed by atoms with van der Waals surface area (Å²) in [7, 11) is 0. The topological polar surface area (TPSA) is 37.7 Å². The summed E-state index contributed by atoms with van der Waals surface area (Å²) in [6.45, 7) is 4.77. The van der Waals surface area contributed by atoms with Crippen LogP contribution in [0.4, 0.5) is 34.1 Å². The summed E-state index contributed by atoms with van der Waals surface area (Å²) in [6.07, 6.45) is 0. The zero-order valence-electron chi connectivity index (χ0n) is 39.8. The Bertz CT molecular complexity index is 4100. The molecule has 0 unspecified atom stereocenters. The predicted octanol–water partition coefficient (Wildman–Crippen LogP) is 18.9. The Labute approximate surface area is 417 Å². The first-order valence-electron chi connectivity index (χ1n) is 24.6. The Morgan fingerprint density at radius 2 is 0.792 bits per heavy atom. The Hall–Kier alpha value is -9.32. The second-order valence-corrected chi connectivity index (χ2v) is 19.4. The Morgan fingerprint density at radius 1 is 0.347 bits per heavy atom. The van der Waals surface area contributed by atoms with Crippen LogP contribution >= 0.6 is 0 Å². The molecular weight excluding hydrogens is 879 g/mol. The van der Waals surface area contributed by atoms with Crippen molar-refractivity contribution in [2.75, 3.05) is 9.80 Å². The number of para-hydroxylation sites is 5. The molecule has 342 valence electrons. The summed E-state index contributed by atoms with van der Waals surface area (Å²) in [6, 6.07) is 89.1. The summed E-state index contributed by atoms with van der Waals surface area (Å²) >= 11 is 0. The number of benzene rings is 10. The molecule has 0 radical (unpaired) electrons. The van der Waals surface area contributed by atoms with Gasteiger partial charge in [-0.1, -0.05) is 117 Å². The van der Waals surface area contributed by atoms with Crippen LogP contribution in [0.2, 0.25) is 0 Å². The van der Waals surface area contributed by atoms with Gasteiger partial charge in [0.05, 0.1) is 11.0 Å². The van der Waals surface area contributed by atoms with Crippen LogP contribution in [-0.2, 0) is 5.41 Å². The van der Waals surface area contributed by atoms with Gasteiger partial charge in [0.2, 0.25) is 0 Å². The molecule has 0 amide bonds. The molecule has 72 heavy (non-hydrogen) atoms. The van der Waals surface area contributed by atoms with Crippen LogP contribution in [0.25, 0.3) is 83.2 Å². The molecule has 5 nitrogen and oxygen atoms in total. The first kappa shape index (κ1) is 41.6. The molecular formula is C67H47N3O2. The maximum atomic E-state index is 6.27. The number of fused-ring (bicyclic) bond motifs is 8. The van der Waals surface area contributed by atoms with E-state index in [1.165, 1.54) is 38.5 Å². The van der Waals surface area contributed by atoms with E-state index in [9.17, 15) is 0 Å². The molecule has 14 rings (SSSR count). The minimum absolute atomic E-state index is 0.276. The molecule has 0 saturated heterocycles. The van der Waals surface area contributed by atoms with Gasteiger partial charge in [-0.2, -0.15) is 0 Å². The van der Waals surface area contributed by atoms with Gasteiger partial charge in [0.25, 0.3) is 0 Å². The van der Waals surface area contributed by atoms with Crippen molar-refractivity contribution in [3.8, 4) is 39.5 Å². The van der Waals surface area contributed by atoms with Gasteiger partial charge in [-0.15, -0.1) is 0 Å². The molecule has 13 aromatic rings. The van der Waals surface area contributed by atoms with E-state index in [1.807, 2.05) is 36.4 Å². The van der Waals surface area contributed by atoms with E-state index >= 15 is 0 Å². The molecule has 0 saturated carbocycles. The molecule has 0 fully saturated rings. The Balaban J connectivity index is 0.879. The fourth-order valence-corrected chi connectivity index (χ4v) is 11.2. The highest BCUT2D eigenvalue weighted by Crippen LogP contribution is 2.53. The molecule has 0 bridgehead atoms. The van der Waals surface area contributed by atoms with Gasteiger partial charge >= 0.3 is 0 Å². The summed E-state index contributed by atoms with van der Waals surface area (Å²) in [5.74, 6) is 1.72. The van der Waals surface area contributed by atoms with E-state index in [4.69, 9.17) is 8.83 Å². The number of furan rings is 2. The zero-order valence-corrected chi connectivity index (χ0v) is 39.8. The predicted molar refractivity (Wildman–Crippen MR) is 298 cm³/mol. The normalized spacial score (nSPS) is 12.7. The molecule has 1 aliphatic carbocycles. The number of nitrogens with zero attached hydrogens (tertiary/aromatic N) is 3. The van der Waals surface area contributed by atoms with Crippen molar-refractivity contribution in [2.45, 2.75) is 19.3 Å². The highest BCUT2D eigenvalue weighted by Gasteiger charge is 2.37. The maximum absolute atomic E-state index is 6.27. The van der Waals surface area contributed by atoms with Gasteiger partial charge < -0.3 is 23.2 Å². The molecule has 1 aliphatic rings. The number of hydrogen-bond acceptors (Lipinski definition) is 4. The lowest BCUT2D eigenvalue weighted by atomic mass is 9.82. The lowest BCUT2D eigenvalue weighted by molar-refractivity contribution is 0.631. The first-order chi connectivity index (χ1) is 35.4. The molecule has 3 heterocycles. The molecule has 5 heteroatoms. The van der Waals surface area contributed by atoms with Crippen molar-refractivity contribution in [2.24, 2.45) is 0 Å². The zero-order chi connectivity index (χ0) is 47.9. The third-order valence-corrected chi connectivity index (χ3v) is 14.8. The lowest BCUT2D eigenvalue weighted by Crippen LogP contribution is -2.16. The van der Waals surface area contributed by atoms with Crippen molar-refractivity contribution in [1.82, 2.24) is 4.57 Å². The fourth-order valence-electron chi connectivity index (χ4n) is 11.2. The average molecular weight is 926 g/mol. The second kappa shape index (κ2) is 16.4. The monoisotopic (exact) mass is 925 g/mol. The van der Waals surface area contributed by atoms with Gasteiger partial charge in [-0.05, 0) is 168 Å². The minimum Gasteiger partial charge on any atom is -0.456 e. The lowest BCUT2D eigenvalue weighted by Gasteiger charge is -2.28. The number of anilines is 6. The number of rotatable bonds is 9. The van der Waals surface area contributed by atoms with Crippen molar-refractivity contribution in [3.63, 3.8) is 0 Å². The van der Waals surface area contributed by atoms with Crippen LogP contribution < -0.4 is 9.80 Å². The smallest absolute Gasteiger partial charge is 0.135 e. The van der Waals surface area contributed by atoms with E-state index in [-0.39, 0.29) is 5.41 Å². The van der Waals surface area contributed by atoms with E-state index < -0.39 is 0 Å². The largest absolute Gasteiger partial charge is 0.456 e. The Morgan fingerprint density at radius 3 is 1.35 bits per heavy atom. The van der Waals surface area contributed by atoms with Gasteiger partial charge in [0.1, 0.15) is 22.7 Å². The maximum Gasteiger partial charge on any atom is 0.135 e. The molecule has 0 atom stereocenters. The fraction of sp³-hybridized carbons (Fsp3) is 0.0448. The Kier molecular flexibility index (Phi) is 9.48. The van der Waals surface area contributed by atoms with Crippen LogP contribution in [-0.4, -0.2) is 4.57 Å². The van der Waals surface area contributed by atoms with Crippen LogP contribution in [0, 0.1) is 0 Å². The minimum atomic E-state index is -0.276.